The number of hydrogen-bond acceptors (Lipinski definition) is 3. The molecule has 0 aliphatic heterocycles. The van der Waals surface area contributed by atoms with Gasteiger partial charge in [0.2, 0.25) is 0 Å². The maximum Gasteiger partial charge on any atom is 0.160 e. The molecule has 0 heterocycles. The highest BCUT2D eigenvalue weighted by atomic mass is 127. The molecule has 19 heavy (non-hydrogen) atoms. The van der Waals surface area contributed by atoms with Crippen LogP contribution in [0.15, 0.2) is 12.1 Å². The normalized spacial score (nSPS) is 11.1. The van der Waals surface area contributed by atoms with Crippen LogP contribution >= 0.6 is 67.8 Å². The molecule has 1 rings (SSSR count). The molecule has 108 valence electrons. The van der Waals surface area contributed by atoms with Crippen LogP contribution in [0.25, 0.3) is 0 Å². The fourth-order valence-electron chi connectivity index (χ4n) is 1.51. The second-order valence-corrected chi connectivity index (χ2v) is 7.25. The van der Waals surface area contributed by atoms with Gasteiger partial charge in [0.25, 0.3) is 0 Å². The van der Waals surface area contributed by atoms with Crippen molar-refractivity contribution in [2.45, 2.75) is 26.6 Å². The molecule has 0 atom stereocenters. The Morgan fingerprint density at radius 1 is 1.00 bits per heavy atom. The third-order valence-electron chi connectivity index (χ3n) is 2.27. The Balaban J connectivity index is 2.52. The molecule has 6 heteroatoms. The van der Waals surface area contributed by atoms with Crippen molar-refractivity contribution in [2.24, 2.45) is 0 Å². The molecule has 1 aromatic carbocycles. The van der Waals surface area contributed by atoms with Crippen LogP contribution in [0.5, 0.6) is 5.75 Å². The molecule has 0 aliphatic rings. The number of halogens is 3. The first-order valence-corrected chi connectivity index (χ1v) is 9.32. The molecule has 0 fully saturated rings. The summed E-state index contributed by atoms with van der Waals surface area (Å²) >= 11 is 6.92. The van der Waals surface area contributed by atoms with Crippen molar-refractivity contribution in [1.29, 1.82) is 0 Å². The maximum absolute atomic E-state index is 5.87. The first-order chi connectivity index (χ1) is 9.08. The lowest BCUT2D eigenvalue weighted by Crippen LogP contribution is -2.20. The predicted octanol–water partition coefficient (Wildman–Crippen LogP) is 4.67. The Bertz CT molecular complexity index is 370. The monoisotopic (exact) mass is 602 g/mol. The molecule has 1 aromatic rings. The highest BCUT2D eigenvalue weighted by molar-refractivity contribution is 14.1. The summed E-state index contributed by atoms with van der Waals surface area (Å²) in [5, 5.41) is 0. The van der Waals surface area contributed by atoms with Crippen molar-refractivity contribution in [3.8, 4) is 5.75 Å². The van der Waals surface area contributed by atoms with Gasteiger partial charge in [-0.25, -0.2) is 0 Å². The van der Waals surface area contributed by atoms with E-state index >= 15 is 0 Å². The summed E-state index contributed by atoms with van der Waals surface area (Å²) in [7, 11) is 0. The summed E-state index contributed by atoms with van der Waals surface area (Å²) < 4.78 is 20.3. The Labute approximate surface area is 155 Å². The summed E-state index contributed by atoms with van der Waals surface area (Å²) in [4.78, 5) is 0. The van der Waals surface area contributed by atoms with Crippen molar-refractivity contribution in [2.75, 3.05) is 19.8 Å². The zero-order valence-corrected chi connectivity index (χ0v) is 17.4. The minimum atomic E-state index is -0.172. The lowest BCUT2D eigenvalue weighted by Gasteiger charge is -2.18. The van der Waals surface area contributed by atoms with Gasteiger partial charge in [-0.3, -0.25) is 0 Å². The average molecular weight is 602 g/mol. The standard InChI is InChI=1S/C13H17I3O3/c1-3-17-12(18-4-2)5-6-19-13-10(15)7-9(14)8-11(13)16/h7-8,12H,3-6H2,1-2H3. The van der Waals surface area contributed by atoms with E-state index in [2.05, 4.69) is 79.9 Å². The SMILES string of the molecule is CCOC(CCOc1c(I)cc(I)cc1I)OCC. The fraction of sp³-hybridized carbons (Fsp3) is 0.538. The summed E-state index contributed by atoms with van der Waals surface area (Å²) in [6.07, 6.45) is 0.564. The molecular weight excluding hydrogens is 585 g/mol. The van der Waals surface area contributed by atoms with Crippen LogP contribution in [0.1, 0.15) is 20.3 Å². The van der Waals surface area contributed by atoms with Crippen molar-refractivity contribution in [3.63, 3.8) is 0 Å². The van der Waals surface area contributed by atoms with Crippen molar-refractivity contribution in [3.05, 3.63) is 22.8 Å². The van der Waals surface area contributed by atoms with Crippen LogP contribution in [0.4, 0.5) is 0 Å². The van der Waals surface area contributed by atoms with Gasteiger partial charge in [-0.2, -0.15) is 0 Å². The lowest BCUT2D eigenvalue weighted by atomic mass is 10.3. The van der Waals surface area contributed by atoms with E-state index in [1.54, 1.807) is 0 Å². The molecule has 0 N–H and O–H groups in total. The van der Waals surface area contributed by atoms with E-state index in [1.807, 2.05) is 13.8 Å². The van der Waals surface area contributed by atoms with Gasteiger partial charge >= 0.3 is 0 Å². The van der Waals surface area contributed by atoms with E-state index < -0.39 is 0 Å². The van der Waals surface area contributed by atoms with Crippen LogP contribution in [-0.2, 0) is 9.47 Å². The molecule has 0 amide bonds. The van der Waals surface area contributed by atoms with Gasteiger partial charge in [-0.05, 0) is 93.8 Å². The van der Waals surface area contributed by atoms with Gasteiger partial charge in [0.1, 0.15) is 5.75 Å². The van der Waals surface area contributed by atoms with Gasteiger partial charge in [0.05, 0.1) is 13.7 Å². The van der Waals surface area contributed by atoms with Gasteiger partial charge in [0, 0.05) is 23.2 Å². The predicted molar refractivity (Wildman–Crippen MR) is 102 cm³/mol. The van der Waals surface area contributed by atoms with Gasteiger partial charge < -0.3 is 14.2 Å². The van der Waals surface area contributed by atoms with E-state index in [9.17, 15) is 0 Å². The number of hydrogen-bond donors (Lipinski definition) is 0. The van der Waals surface area contributed by atoms with E-state index in [0.717, 1.165) is 19.3 Å². The van der Waals surface area contributed by atoms with Crippen LogP contribution in [-0.4, -0.2) is 26.1 Å². The number of benzene rings is 1. The van der Waals surface area contributed by atoms with Crippen molar-refractivity contribution >= 4 is 67.8 Å². The molecule has 0 saturated heterocycles. The van der Waals surface area contributed by atoms with E-state index in [-0.39, 0.29) is 6.29 Å². The first-order valence-electron chi connectivity index (χ1n) is 6.09. The van der Waals surface area contributed by atoms with Gasteiger partial charge in [-0.1, -0.05) is 0 Å². The minimum absolute atomic E-state index is 0.172. The molecule has 0 bridgehead atoms. The molecule has 3 nitrogen and oxygen atoms in total. The van der Waals surface area contributed by atoms with Crippen LogP contribution < -0.4 is 4.74 Å². The second-order valence-electron chi connectivity index (χ2n) is 3.68. The summed E-state index contributed by atoms with van der Waals surface area (Å²) in [5.74, 6) is 0.952. The Hall–Kier alpha value is 1.13. The first kappa shape index (κ1) is 18.2. The van der Waals surface area contributed by atoms with Gasteiger partial charge in [0.15, 0.2) is 6.29 Å². The van der Waals surface area contributed by atoms with Gasteiger partial charge in [-0.15, -0.1) is 0 Å². The Morgan fingerprint density at radius 3 is 2.00 bits per heavy atom. The quantitative estimate of drug-likeness (QED) is 0.320. The molecule has 0 spiro atoms. The van der Waals surface area contributed by atoms with Crippen LogP contribution in [0, 0.1) is 10.7 Å². The molecule has 0 aromatic heterocycles. The molecule has 0 radical (unpaired) electrons. The van der Waals surface area contributed by atoms with Crippen molar-refractivity contribution in [1.82, 2.24) is 0 Å². The smallest absolute Gasteiger partial charge is 0.160 e. The topological polar surface area (TPSA) is 27.7 Å². The summed E-state index contributed by atoms with van der Waals surface area (Å²) in [6, 6.07) is 4.22. The Morgan fingerprint density at radius 2 is 1.53 bits per heavy atom. The molecule has 0 saturated carbocycles. The third-order valence-corrected chi connectivity index (χ3v) is 4.49. The zero-order valence-electron chi connectivity index (χ0n) is 10.9. The summed E-state index contributed by atoms with van der Waals surface area (Å²) in [6.45, 7) is 5.85. The average Bonchev–Trinajstić information content (AvgIpc) is 2.32. The van der Waals surface area contributed by atoms with E-state index in [4.69, 9.17) is 14.2 Å². The van der Waals surface area contributed by atoms with Crippen molar-refractivity contribution < 1.29 is 14.2 Å². The molecular formula is C13H17I3O3. The zero-order chi connectivity index (χ0) is 14.3. The van der Waals surface area contributed by atoms with Crippen LogP contribution in [0.3, 0.4) is 0 Å². The highest BCUT2D eigenvalue weighted by Crippen LogP contribution is 2.29. The molecule has 0 aliphatic carbocycles. The third kappa shape index (κ3) is 6.62. The number of ether oxygens (including phenoxy) is 3. The van der Waals surface area contributed by atoms with Crippen LogP contribution in [0.2, 0.25) is 0 Å². The second kappa shape index (κ2) is 9.96. The minimum Gasteiger partial charge on any atom is -0.491 e. The van der Waals surface area contributed by atoms with E-state index in [1.165, 1.54) is 3.57 Å². The largest absolute Gasteiger partial charge is 0.491 e. The molecule has 0 unspecified atom stereocenters. The number of rotatable bonds is 8. The van der Waals surface area contributed by atoms with E-state index in [0.29, 0.717) is 19.8 Å². The fourth-order valence-corrected chi connectivity index (χ4v) is 5.40. The maximum atomic E-state index is 5.87. The highest BCUT2D eigenvalue weighted by Gasteiger charge is 2.11. The summed E-state index contributed by atoms with van der Waals surface area (Å²) in [5.41, 5.74) is 0. The lowest BCUT2D eigenvalue weighted by molar-refractivity contribution is -0.142. The Kier molecular flexibility index (Phi) is 9.53.